The second-order valence-corrected chi connectivity index (χ2v) is 5.01. The normalized spacial score (nSPS) is 14.3. The van der Waals surface area contributed by atoms with Gasteiger partial charge in [0.05, 0.1) is 6.54 Å². The summed E-state index contributed by atoms with van der Waals surface area (Å²) in [5.41, 5.74) is -0.125. The van der Waals surface area contributed by atoms with Gasteiger partial charge in [-0.25, -0.2) is 0 Å². The van der Waals surface area contributed by atoms with Crippen LogP contribution in [-0.2, 0) is 9.53 Å². The summed E-state index contributed by atoms with van der Waals surface area (Å²) in [6.07, 6.45) is 0. The highest BCUT2D eigenvalue weighted by molar-refractivity contribution is 5.69. The minimum Gasteiger partial charge on any atom is -0.480 e. The monoisotopic (exact) mass is 217 g/mol. The van der Waals surface area contributed by atoms with Gasteiger partial charge in [-0.05, 0) is 26.7 Å². The summed E-state index contributed by atoms with van der Waals surface area (Å²) in [5.74, 6) is -0.442. The van der Waals surface area contributed by atoms with Crippen LogP contribution in [0.2, 0.25) is 0 Å². The number of nitrogens with zero attached hydrogens (tertiary/aromatic N) is 1. The van der Waals surface area contributed by atoms with Gasteiger partial charge in [-0.15, -0.1) is 0 Å². The molecule has 0 aromatic heterocycles. The number of carbonyl (C=O) groups is 1. The van der Waals surface area contributed by atoms with Crippen molar-refractivity contribution in [1.29, 1.82) is 0 Å². The maximum absolute atomic E-state index is 10.7. The molecule has 0 radical (unpaired) electrons. The zero-order chi connectivity index (χ0) is 12.1. The molecule has 4 nitrogen and oxygen atoms in total. The van der Waals surface area contributed by atoms with Crippen molar-refractivity contribution in [2.24, 2.45) is 5.92 Å². The molecule has 4 heteroatoms. The summed E-state index contributed by atoms with van der Waals surface area (Å²) in [7, 11) is 1.66. The molecule has 1 atom stereocenters. The summed E-state index contributed by atoms with van der Waals surface area (Å²) in [5, 5.41) is 8.82. The summed E-state index contributed by atoms with van der Waals surface area (Å²) >= 11 is 0. The number of hydrogen-bond acceptors (Lipinski definition) is 3. The standard InChI is InChI=1S/C11H23NO3/c1-9(8-15-5)6-12(7-10(13)14)11(2,3)4/h9H,6-8H2,1-5H3,(H,13,14). The van der Waals surface area contributed by atoms with E-state index in [1.165, 1.54) is 0 Å². The Balaban J connectivity index is 4.31. The van der Waals surface area contributed by atoms with Crippen molar-refractivity contribution in [3.05, 3.63) is 0 Å². The van der Waals surface area contributed by atoms with Gasteiger partial charge in [-0.3, -0.25) is 9.69 Å². The van der Waals surface area contributed by atoms with Crippen molar-refractivity contribution in [3.8, 4) is 0 Å². The predicted molar refractivity (Wildman–Crippen MR) is 60.0 cm³/mol. The fourth-order valence-electron chi connectivity index (χ4n) is 1.45. The second-order valence-electron chi connectivity index (χ2n) is 5.01. The minimum absolute atomic E-state index is 0.0809. The van der Waals surface area contributed by atoms with Crippen molar-refractivity contribution in [1.82, 2.24) is 4.90 Å². The molecule has 0 saturated heterocycles. The number of carboxylic acid groups (broad SMARTS) is 1. The molecular formula is C11H23NO3. The third-order valence-electron chi connectivity index (χ3n) is 2.26. The molecule has 0 rings (SSSR count). The van der Waals surface area contributed by atoms with Gasteiger partial charge in [0.1, 0.15) is 0 Å². The lowest BCUT2D eigenvalue weighted by Gasteiger charge is -2.36. The Hall–Kier alpha value is -0.610. The molecule has 0 aromatic rings. The van der Waals surface area contributed by atoms with E-state index in [2.05, 4.69) is 6.92 Å². The first-order valence-electron chi connectivity index (χ1n) is 5.23. The molecule has 1 N–H and O–H groups in total. The van der Waals surface area contributed by atoms with E-state index in [0.717, 1.165) is 6.54 Å². The lowest BCUT2D eigenvalue weighted by molar-refractivity contribution is -0.140. The van der Waals surface area contributed by atoms with Gasteiger partial charge in [0, 0.05) is 25.8 Å². The van der Waals surface area contributed by atoms with E-state index in [1.807, 2.05) is 25.7 Å². The lowest BCUT2D eigenvalue weighted by Crippen LogP contribution is -2.47. The van der Waals surface area contributed by atoms with Gasteiger partial charge in [0.2, 0.25) is 0 Å². The van der Waals surface area contributed by atoms with Crippen LogP contribution in [0.4, 0.5) is 0 Å². The first-order valence-corrected chi connectivity index (χ1v) is 5.23. The first kappa shape index (κ1) is 14.4. The van der Waals surface area contributed by atoms with Gasteiger partial charge in [-0.2, -0.15) is 0 Å². The Morgan fingerprint density at radius 3 is 2.33 bits per heavy atom. The Morgan fingerprint density at radius 2 is 2.00 bits per heavy atom. The summed E-state index contributed by atoms with van der Waals surface area (Å²) in [6, 6.07) is 0. The largest absolute Gasteiger partial charge is 0.480 e. The fourth-order valence-corrected chi connectivity index (χ4v) is 1.45. The van der Waals surface area contributed by atoms with Crippen LogP contribution in [0.5, 0.6) is 0 Å². The lowest BCUT2D eigenvalue weighted by atomic mass is 10.0. The number of aliphatic carboxylic acids is 1. The van der Waals surface area contributed by atoms with Crippen LogP contribution in [-0.4, -0.2) is 48.3 Å². The number of carboxylic acids is 1. The molecule has 0 aliphatic carbocycles. The van der Waals surface area contributed by atoms with E-state index in [4.69, 9.17) is 9.84 Å². The zero-order valence-corrected chi connectivity index (χ0v) is 10.4. The number of ether oxygens (including phenoxy) is 1. The predicted octanol–water partition coefficient (Wildman–Crippen LogP) is 1.45. The Bertz CT molecular complexity index is 198. The molecule has 0 saturated carbocycles. The van der Waals surface area contributed by atoms with Gasteiger partial charge in [0.15, 0.2) is 0 Å². The topological polar surface area (TPSA) is 49.8 Å². The molecule has 0 bridgehead atoms. The van der Waals surface area contributed by atoms with Crippen molar-refractivity contribution in [2.75, 3.05) is 26.8 Å². The van der Waals surface area contributed by atoms with Crippen LogP contribution < -0.4 is 0 Å². The van der Waals surface area contributed by atoms with Crippen molar-refractivity contribution >= 4 is 5.97 Å². The van der Waals surface area contributed by atoms with Crippen LogP contribution >= 0.6 is 0 Å². The van der Waals surface area contributed by atoms with Gasteiger partial charge >= 0.3 is 5.97 Å². The van der Waals surface area contributed by atoms with E-state index in [9.17, 15) is 4.79 Å². The highest BCUT2D eigenvalue weighted by Gasteiger charge is 2.24. The van der Waals surface area contributed by atoms with Crippen molar-refractivity contribution in [2.45, 2.75) is 33.2 Å². The molecule has 0 aromatic carbocycles. The average Bonchev–Trinajstić information content (AvgIpc) is 2.00. The van der Waals surface area contributed by atoms with Gasteiger partial charge in [0.25, 0.3) is 0 Å². The van der Waals surface area contributed by atoms with Crippen LogP contribution in [0, 0.1) is 5.92 Å². The highest BCUT2D eigenvalue weighted by Crippen LogP contribution is 2.15. The Morgan fingerprint density at radius 1 is 1.47 bits per heavy atom. The summed E-state index contributed by atoms with van der Waals surface area (Å²) < 4.78 is 5.05. The maximum Gasteiger partial charge on any atom is 0.317 e. The minimum atomic E-state index is -0.783. The molecule has 0 fully saturated rings. The van der Waals surface area contributed by atoms with E-state index in [-0.39, 0.29) is 12.1 Å². The molecule has 0 aliphatic heterocycles. The summed E-state index contributed by atoms with van der Waals surface area (Å²) in [6.45, 7) is 9.61. The van der Waals surface area contributed by atoms with Crippen LogP contribution in [0.1, 0.15) is 27.7 Å². The molecule has 90 valence electrons. The number of rotatable bonds is 6. The van der Waals surface area contributed by atoms with Crippen molar-refractivity contribution < 1.29 is 14.6 Å². The molecule has 0 amide bonds. The molecule has 0 spiro atoms. The van der Waals surface area contributed by atoms with Crippen LogP contribution in [0.25, 0.3) is 0 Å². The van der Waals surface area contributed by atoms with E-state index in [1.54, 1.807) is 7.11 Å². The van der Waals surface area contributed by atoms with Gasteiger partial charge < -0.3 is 9.84 Å². The third kappa shape index (κ3) is 6.47. The zero-order valence-electron chi connectivity index (χ0n) is 10.4. The summed E-state index contributed by atoms with van der Waals surface area (Å²) in [4.78, 5) is 12.7. The quantitative estimate of drug-likeness (QED) is 0.731. The molecule has 1 unspecified atom stereocenters. The Labute approximate surface area is 92.2 Å². The molecular weight excluding hydrogens is 194 g/mol. The number of methoxy groups -OCH3 is 1. The Kier molecular flexibility index (Phi) is 5.83. The van der Waals surface area contributed by atoms with Gasteiger partial charge in [-0.1, -0.05) is 6.92 Å². The number of hydrogen-bond donors (Lipinski definition) is 1. The average molecular weight is 217 g/mol. The van der Waals surface area contributed by atoms with E-state index < -0.39 is 5.97 Å². The maximum atomic E-state index is 10.7. The van der Waals surface area contributed by atoms with Crippen molar-refractivity contribution in [3.63, 3.8) is 0 Å². The molecule has 0 aliphatic rings. The van der Waals surface area contributed by atoms with E-state index >= 15 is 0 Å². The van der Waals surface area contributed by atoms with Crippen LogP contribution in [0.15, 0.2) is 0 Å². The highest BCUT2D eigenvalue weighted by atomic mass is 16.5. The molecule has 15 heavy (non-hydrogen) atoms. The molecule has 0 heterocycles. The third-order valence-corrected chi connectivity index (χ3v) is 2.26. The second kappa shape index (κ2) is 6.08. The fraction of sp³-hybridized carbons (Fsp3) is 0.909. The van der Waals surface area contributed by atoms with Crippen LogP contribution in [0.3, 0.4) is 0 Å². The SMILES string of the molecule is COCC(C)CN(CC(=O)O)C(C)(C)C. The first-order chi connectivity index (χ1) is 6.77. The van der Waals surface area contributed by atoms with E-state index in [0.29, 0.717) is 12.5 Å². The smallest absolute Gasteiger partial charge is 0.317 e.